The lowest BCUT2D eigenvalue weighted by Crippen LogP contribution is -2.04. The summed E-state index contributed by atoms with van der Waals surface area (Å²) in [6, 6.07) is 9.00. The molecule has 0 spiro atoms. The van der Waals surface area contributed by atoms with Crippen molar-refractivity contribution in [2.45, 2.75) is 26.2 Å². The fourth-order valence-electron chi connectivity index (χ4n) is 2.30. The zero-order valence-corrected chi connectivity index (χ0v) is 12.5. The van der Waals surface area contributed by atoms with E-state index in [9.17, 15) is 4.79 Å². The minimum atomic E-state index is -0.380. The maximum absolute atomic E-state index is 11.6. The van der Waals surface area contributed by atoms with Crippen molar-refractivity contribution in [1.82, 2.24) is 0 Å². The molecule has 1 aliphatic rings. The lowest BCUT2D eigenvalue weighted by Gasteiger charge is -2.06. The van der Waals surface area contributed by atoms with Crippen LogP contribution in [0, 0.1) is 0 Å². The second kappa shape index (κ2) is 6.56. The molecule has 116 valence electrons. The molecule has 5 nitrogen and oxygen atoms in total. The fraction of sp³-hybridized carbons (Fsp3) is 0.353. The number of hydrogen-bond acceptors (Lipinski definition) is 5. The van der Waals surface area contributed by atoms with Gasteiger partial charge in [-0.25, -0.2) is 4.79 Å². The maximum atomic E-state index is 11.6. The fourth-order valence-corrected chi connectivity index (χ4v) is 2.30. The molecular formula is C17H18O5. The molecule has 0 saturated heterocycles. The van der Waals surface area contributed by atoms with Gasteiger partial charge in [0.2, 0.25) is 6.79 Å². The molecule has 1 aliphatic heterocycles. The highest BCUT2D eigenvalue weighted by Gasteiger charge is 2.13. The van der Waals surface area contributed by atoms with E-state index in [2.05, 4.69) is 0 Å². The van der Waals surface area contributed by atoms with Crippen molar-refractivity contribution in [1.29, 1.82) is 0 Å². The minimum Gasteiger partial charge on any atom is -0.493 e. The summed E-state index contributed by atoms with van der Waals surface area (Å²) in [5, 5.41) is 0. The largest absolute Gasteiger partial charge is 0.493 e. The second-order valence-corrected chi connectivity index (χ2v) is 5.11. The van der Waals surface area contributed by atoms with Crippen molar-refractivity contribution in [3.05, 3.63) is 52.1 Å². The van der Waals surface area contributed by atoms with Crippen molar-refractivity contribution in [2.75, 3.05) is 13.4 Å². The van der Waals surface area contributed by atoms with Crippen LogP contribution in [0.25, 0.3) is 0 Å². The first-order valence-corrected chi connectivity index (χ1v) is 7.40. The third kappa shape index (κ3) is 3.42. The summed E-state index contributed by atoms with van der Waals surface area (Å²) < 4.78 is 21.4. The van der Waals surface area contributed by atoms with E-state index in [1.54, 1.807) is 6.07 Å². The van der Waals surface area contributed by atoms with Crippen molar-refractivity contribution < 1.29 is 18.6 Å². The number of hydrogen-bond donors (Lipinski definition) is 0. The maximum Gasteiger partial charge on any atom is 0.339 e. The third-order valence-corrected chi connectivity index (χ3v) is 3.36. The molecule has 1 aromatic heterocycles. The Balaban J connectivity index is 1.68. The van der Waals surface area contributed by atoms with E-state index in [1.807, 2.05) is 25.1 Å². The predicted molar refractivity (Wildman–Crippen MR) is 80.7 cm³/mol. The molecule has 2 aromatic rings. The first-order chi connectivity index (χ1) is 10.7. The number of fused-ring (bicyclic) bond motifs is 1. The molecule has 0 fully saturated rings. The average molecular weight is 302 g/mol. The SMILES string of the molecule is CCCOc1cc(CCc2ccc3c(c2)OCO3)oc(=O)c1. The third-order valence-electron chi connectivity index (χ3n) is 3.36. The molecule has 2 heterocycles. The van der Waals surface area contributed by atoms with Crippen molar-refractivity contribution in [3.8, 4) is 17.2 Å². The van der Waals surface area contributed by atoms with Crippen molar-refractivity contribution >= 4 is 0 Å². The van der Waals surface area contributed by atoms with Crippen LogP contribution in [0.3, 0.4) is 0 Å². The first kappa shape index (κ1) is 14.5. The Morgan fingerprint density at radius 2 is 1.95 bits per heavy atom. The van der Waals surface area contributed by atoms with E-state index in [0.717, 1.165) is 29.9 Å². The second-order valence-electron chi connectivity index (χ2n) is 5.11. The van der Waals surface area contributed by atoms with Crippen LogP contribution in [0.15, 0.2) is 39.5 Å². The van der Waals surface area contributed by atoms with Crippen LogP contribution in [-0.2, 0) is 12.8 Å². The molecule has 0 unspecified atom stereocenters. The molecule has 0 radical (unpaired) electrons. The minimum absolute atomic E-state index is 0.268. The molecule has 3 rings (SSSR count). The Bertz CT molecular complexity index is 704. The Hall–Kier alpha value is -2.43. The molecule has 0 N–H and O–H groups in total. The number of benzene rings is 1. The van der Waals surface area contributed by atoms with E-state index in [0.29, 0.717) is 24.5 Å². The van der Waals surface area contributed by atoms with Crippen LogP contribution < -0.4 is 19.8 Å². The molecular weight excluding hydrogens is 284 g/mol. The molecule has 0 bridgehead atoms. The van der Waals surface area contributed by atoms with Gasteiger partial charge in [-0.05, 0) is 30.5 Å². The number of ether oxygens (including phenoxy) is 3. The summed E-state index contributed by atoms with van der Waals surface area (Å²) in [6.07, 6.45) is 2.27. The van der Waals surface area contributed by atoms with Crippen LogP contribution >= 0.6 is 0 Å². The van der Waals surface area contributed by atoms with Crippen LogP contribution in [0.2, 0.25) is 0 Å². The van der Waals surface area contributed by atoms with Crippen LogP contribution in [0.1, 0.15) is 24.7 Å². The van der Waals surface area contributed by atoms with E-state index >= 15 is 0 Å². The Morgan fingerprint density at radius 1 is 1.09 bits per heavy atom. The van der Waals surface area contributed by atoms with E-state index in [4.69, 9.17) is 18.6 Å². The summed E-state index contributed by atoms with van der Waals surface area (Å²) in [5.41, 5.74) is 0.723. The standard InChI is InChI=1S/C17H18O5/c1-2-7-19-14-9-13(22-17(18)10-14)5-3-12-4-6-15-16(8-12)21-11-20-15/h4,6,8-10H,2-3,5,7,11H2,1H3. The summed E-state index contributed by atoms with van der Waals surface area (Å²) in [7, 11) is 0. The van der Waals surface area contributed by atoms with Gasteiger partial charge in [0, 0.05) is 12.5 Å². The number of rotatable bonds is 6. The van der Waals surface area contributed by atoms with Crippen LogP contribution in [-0.4, -0.2) is 13.4 Å². The Morgan fingerprint density at radius 3 is 2.82 bits per heavy atom. The smallest absolute Gasteiger partial charge is 0.339 e. The van der Waals surface area contributed by atoms with Gasteiger partial charge in [-0.2, -0.15) is 0 Å². The average Bonchev–Trinajstić information content (AvgIpc) is 2.98. The van der Waals surface area contributed by atoms with Gasteiger partial charge in [0.15, 0.2) is 11.5 Å². The molecule has 0 atom stereocenters. The van der Waals surface area contributed by atoms with Gasteiger partial charge in [0.1, 0.15) is 11.5 Å². The zero-order chi connectivity index (χ0) is 15.4. The highest BCUT2D eigenvalue weighted by molar-refractivity contribution is 5.44. The molecule has 0 aliphatic carbocycles. The predicted octanol–water partition coefficient (Wildman–Crippen LogP) is 2.94. The monoisotopic (exact) mass is 302 g/mol. The van der Waals surface area contributed by atoms with Crippen molar-refractivity contribution in [2.24, 2.45) is 0 Å². The molecule has 22 heavy (non-hydrogen) atoms. The summed E-state index contributed by atoms with van der Waals surface area (Å²) >= 11 is 0. The highest BCUT2D eigenvalue weighted by Crippen LogP contribution is 2.32. The lowest BCUT2D eigenvalue weighted by molar-refractivity contribution is 0.174. The van der Waals surface area contributed by atoms with Gasteiger partial charge in [-0.15, -0.1) is 0 Å². The van der Waals surface area contributed by atoms with Crippen LogP contribution in [0.4, 0.5) is 0 Å². The molecule has 5 heteroatoms. The van der Waals surface area contributed by atoms with E-state index in [1.165, 1.54) is 6.07 Å². The Kier molecular flexibility index (Phi) is 4.32. The van der Waals surface area contributed by atoms with E-state index < -0.39 is 0 Å². The van der Waals surface area contributed by atoms with Gasteiger partial charge in [-0.1, -0.05) is 13.0 Å². The zero-order valence-electron chi connectivity index (χ0n) is 12.5. The van der Waals surface area contributed by atoms with Gasteiger partial charge in [0.05, 0.1) is 12.7 Å². The normalized spacial score (nSPS) is 12.4. The highest BCUT2D eigenvalue weighted by atomic mass is 16.7. The van der Waals surface area contributed by atoms with Gasteiger partial charge in [0.25, 0.3) is 0 Å². The first-order valence-electron chi connectivity index (χ1n) is 7.40. The van der Waals surface area contributed by atoms with E-state index in [-0.39, 0.29) is 12.4 Å². The molecule has 1 aromatic carbocycles. The van der Waals surface area contributed by atoms with Gasteiger partial charge in [-0.3, -0.25) is 0 Å². The van der Waals surface area contributed by atoms with Gasteiger partial charge < -0.3 is 18.6 Å². The lowest BCUT2D eigenvalue weighted by atomic mass is 10.1. The summed E-state index contributed by atoms with van der Waals surface area (Å²) in [5.74, 6) is 2.72. The topological polar surface area (TPSA) is 57.9 Å². The molecule has 0 saturated carbocycles. The quantitative estimate of drug-likeness (QED) is 0.821. The van der Waals surface area contributed by atoms with Crippen molar-refractivity contribution in [3.63, 3.8) is 0 Å². The molecule has 0 amide bonds. The van der Waals surface area contributed by atoms with Gasteiger partial charge >= 0.3 is 5.63 Å². The summed E-state index contributed by atoms with van der Waals surface area (Å²) in [4.78, 5) is 11.6. The number of aryl methyl sites for hydroxylation is 2. The van der Waals surface area contributed by atoms with Crippen LogP contribution in [0.5, 0.6) is 17.2 Å². The summed E-state index contributed by atoms with van der Waals surface area (Å²) in [6.45, 7) is 2.88. The Labute approximate surface area is 128 Å².